The van der Waals surface area contributed by atoms with Crippen LogP contribution in [0.2, 0.25) is 0 Å². The fourth-order valence-corrected chi connectivity index (χ4v) is 2.01. The number of anilines is 1. The Labute approximate surface area is 113 Å². The summed E-state index contributed by atoms with van der Waals surface area (Å²) in [6.07, 6.45) is 0. The SMILES string of the molecule is CCN(CC)CC(C)Nc1ccc(Br)c(C)n1. The molecule has 3 nitrogen and oxygen atoms in total. The fourth-order valence-electron chi connectivity index (χ4n) is 1.79. The van der Waals surface area contributed by atoms with Gasteiger partial charge in [-0.1, -0.05) is 13.8 Å². The largest absolute Gasteiger partial charge is 0.366 e. The van der Waals surface area contributed by atoms with Gasteiger partial charge in [0.15, 0.2) is 0 Å². The predicted molar refractivity (Wildman–Crippen MR) is 77.5 cm³/mol. The van der Waals surface area contributed by atoms with E-state index in [1.54, 1.807) is 0 Å². The number of hydrogen-bond donors (Lipinski definition) is 1. The molecule has 1 unspecified atom stereocenters. The molecule has 17 heavy (non-hydrogen) atoms. The van der Waals surface area contributed by atoms with E-state index in [2.05, 4.69) is 51.9 Å². The molecule has 0 aliphatic carbocycles. The first-order valence-electron chi connectivity index (χ1n) is 6.18. The molecule has 1 aromatic heterocycles. The Morgan fingerprint density at radius 2 is 2.00 bits per heavy atom. The highest BCUT2D eigenvalue weighted by atomic mass is 79.9. The Morgan fingerprint density at radius 3 is 2.53 bits per heavy atom. The lowest BCUT2D eigenvalue weighted by atomic mass is 10.3. The first-order chi connectivity index (χ1) is 8.06. The molecule has 1 aromatic rings. The predicted octanol–water partition coefficient (Wildman–Crippen LogP) is 3.29. The standard InChI is InChI=1S/C13H22BrN3/c1-5-17(6-2)9-10(3)15-13-8-7-12(14)11(4)16-13/h7-8,10H,5-6,9H2,1-4H3,(H,15,16). The average molecular weight is 300 g/mol. The van der Waals surface area contributed by atoms with E-state index in [1.807, 2.05) is 19.1 Å². The molecule has 1 rings (SSSR count). The molecule has 0 aliphatic rings. The lowest BCUT2D eigenvalue weighted by molar-refractivity contribution is 0.294. The molecule has 0 bridgehead atoms. The van der Waals surface area contributed by atoms with Gasteiger partial charge >= 0.3 is 0 Å². The van der Waals surface area contributed by atoms with Crippen LogP contribution < -0.4 is 5.32 Å². The van der Waals surface area contributed by atoms with Crippen molar-refractivity contribution in [1.82, 2.24) is 9.88 Å². The number of aromatic nitrogens is 1. The number of halogens is 1. The van der Waals surface area contributed by atoms with E-state index >= 15 is 0 Å². The number of hydrogen-bond acceptors (Lipinski definition) is 3. The molecule has 1 heterocycles. The number of aryl methyl sites for hydroxylation is 1. The number of likely N-dealkylation sites (N-methyl/N-ethyl adjacent to an activating group) is 1. The van der Waals surface area contributed by atoms with Crippen LogP contribution in [0.1, 0.15) is 26.5 Å². The smallest absolute Gasteiger partial charge is 0.126 e. The minimum absolute atomic E-state index is 0.406. The van der Waals surface area contributed by atoms with E-state index in [9.17, 15) is 0 Å². The molecule has 0 aliphatic heterocycles. The molecule has 1 N–H and O–H groups in total. The summed E-state index contributed by atoms with van der Waals surface area (Å²) in [5.74, 6) is 0.949. The summed E-state index contributed by atoms with van der Waals surface area (Å²) < 4.78 is 1.06. The van der Waals surface area contributed by atoms with Crippen LogP contribution in [0.4, 0.5) is 5.82 Å². The van der Waals surface area contributed by atoms with Gasteiger partial charge in [-0.25, -0.2) is 4.98 Å². The fraction of sp³-hybridized carbons (Fsp3) is 0.615. The van der Waals surface area contributed by atoms with Gasteiger partial charge in [-0.15, -0.1) is 0 Å². The van der Waals surface area contributed by atoms with Crippen molar-refractivity contribution < 1.29 is 0 Å². The summed E-state index contributed by atoms with van der Waals surface area (Å²) >= 11 is 3.46. The molecule has 0 radical (unpaired) electrons. The van der Waals surface area contributed by atoms with Gasteiger partial charge in [0.1, 0.15) is 5.82 Å². The number of pyridine rings is 1. The molecule has 0 amide bonds. The van der Waals surface area contributed by atoms with E-state index in [-0.39, 0.29) is 0 Å². The van der Waals surface area contributed by atoms with Crippen LogP contribution in [-0.4, -0.2) is 35.6 Å². The van der Waals surface area contributed by atoms with Gasteiger partial charge in [0.25, 0.3) is 0 Å². The van der Waals surface area contributed by atoms with E-state index in [4.69, 9.17) is 0 Å². The van der Waals surface area contributed by atoms with Crippen molar-refractivity contribution in [1.29, 1.82) is 0 Å². The Morgan fingerprint density at radius 1 is 1.35 bits per heavy atom. The van der Waals surface area contributed by atoms with Crippen LogP contribution in [0.25, 0.3) is 0 Å². The first kappa shape index (κ1) is 14.5. The average Bonchev–Trinajstić information content (AvgIpc) is 2.31. The summed E-state index contributed by atoms with van der Waals surface area (Å²) in [7, 11) is 0. The third-order valence-electron chi connectivity index (χ3n) is 2.84. The van der Waals surface area contributed by atoms with Gasteiger partial charge in [0.05, 0.1) is 5.69 Å². The zero-order valence-corrected chi connectivity index (χ0v) is 12.7. The monoisotopic (exact) mass is 299 g/mol. The van der Waals surface area contributed by atoms with Gasteiger partial charge < -0.3 is 10.2 Å². The summed E-state index contributed by atoms with van der Waals surface area (Å²) in [4.78, 5) is 6.90. The maximum absolute atomic E-state index is 4.50. The highest BCUT2D eigenvalue weighted by Crippen LogP contribution is 2.16. The summed E-state index contributed by atoms with van der Waals surface area (Å²) in [6.45, 7) is 11.8. The molecule has 0 spiro atoms. The minimum atomic E-state index is 0.406. The number of rotatable bonds is 6. The van der Waals surface area contributed by atoms with Crippen molar-refractivity contribution in [2.24, 2.45) is 0 Å². The third-order valence-corrected chi connectivity index (χ3v) is 3.68. The molecular formula is C13H22BrN3. The van der Waals surface area contributed by atoms with Gasteiger partial charge in [0, 0.05) is 17.1 Å². The van der Waals surface area contributed by atoms with Gasteiger partial charge in [-0.3, -0.25) is 0 Å². The van der Waals surface area contributed by atoms with Crippen LogP contribution in [0, 0.1) is 6.92 Å². The topological polar surface area (TPSA) is 28.2 Å². The molecule has 0 saturated heterocycles. The lowest BCUT2D eigenvalue weighted by Crippen LogP contribution is -2.34. The van der Waals surface area contributed by atoms with Crippen LogP contribution in [0.3, 0.4) is 0 Å². The Hall–Kier alpha value is -0.610. The van der Waals surface area contributed by atoms with Gasteiger partial charge in [0.2, 0.25) is 0 Å². The van der Waals surface area contributed by atoms with E-state index in [0.29, 0.717) is 6.04 Å². The molecule has 0 aromatic carbocycles. The van der Waals surface area contributed by atoms with Crippen molar-refractivity contribution >= 4 is 21.7 Å². The summed E-state index contributed by atoms with van der Waals surface area (Å²) in [5, 5.41) is 3.44. The molecule has 1 atom stereocenters. The quantitative estimate of drug-likeness (QED) is 0.874. The second-order valence-corrected chi connectivity index (χ2v) is 5.15. The second-order valence-electron chi connectivity index (χ2n) is 4.29. The van der Waals surface area contributed by atoms with E-state index < -0.39 is 0 Å². The molecule has 4 heteroatoms. The molecule has 0 fully saturated rings. The Kier molecular flexibility index (Phi) is 5.92. The van der Waals surface area contributed by atoms with Crippen LogP contribution in [0.15, 0.2) is 16.6 Å². The maximum Gasteiger partial charge on any atom is 0.126 e. The third kappa shape index (κ3) is 4.64. The zero-order chi connectivity index (χ0) is 12.8. The molecule has 0 saturated carbocycles. The minimum Gasteiger partial charge on any atom is -0.366 e. The summed E-state index contributed by atoms with van der Waals surface area (Å²) in [6, 6.07) is 4.45. The lowest BCUT2D eigenvalue weighted by Gasteiger charge is -2.23. The van der Waals surface area contributed by atoms with Crippen molar-refractivity contribution in [3.63, 3.8) is 0 Å². The van der Waals surface area contributed by atoms with Crippen molar-refractivity contribution in [3.8, 4) is 0 Å². The van der Waals surface area contributed by atoms with Crippen LogP contribution in [0.5, 0.6) is 0 Å². The van der Waals surface area contributed by atoms with Crippen LogP contribution >= 0.6 is 15.9 Å². The first-order valence-corrected chi connectivity index (χ1v) is 6.98. The normalized spacial score (nSPS) is 12.8. The molecular weight excluding hydrogens is 278 g/mol. The molecule has 96 valence electrons. The second kappa shape index (κ2) is 6.97. The van der Waals surface area contributed by atoms with Gasteiger partial charge in [-0.05, 0) is 55.0 Å². The number of nitrogens with zero attached hydrogens (tertiary/aromatic N) is 2. The highest BCUT2D eigenvalue weighted by molar-refractivity contribution is 9.10. The summed E-state index contributed by atoms with van der Waals surface area (Å²) in [5.41, 5.74) is 1.02. The van der Waals surface area contributed by atoms with Crippen molar-refractivity contribution in [2.75, 3.05) is 25.0 Å². The van der Waals surface area contributed by atoms with Crippen molar-refractivity contribution in [3.05, 3.63) is 22.3 Å². The Balaban J connectivity index is 2.55. The van der Waals surface area contributed by atoms with Crippen LogP contribution in [-0.2, 0) is 0 Å². The highest BCUT2D eigenvalue weighted by Gasteiger charge is 2.08. The van der Waals surface area contributed by atoms with Gasteiger partial charge in [-0.2, -0.15) is 0 Å². The van der Waals surface area contributed by atoms with E-state index in [1.165, 1.54) is 0 Å². The van der Waals surface area contributed by atoms with Crippen molar-refractivity contribution in [2.45, 2.75) is 33.7 Å². The zero-order valence-electron chi connectivity index (χ0n) is 11.1. The Bertz CT molecular complexity index is 351. The number of nitrogens with one attached hydrogen (secondary N) is 1. The maximum atomic E-state index is 4.50. The van der Waals surface area contributed by atoms with E-state index in [0.717, 1.165) is 35.6 Å².